The van der Waals surface area contributed by atoms with Crippen LogP contribution in [0.1, 0.15) is 56.6 Å². The number of methoxy groups -OCH3 is 1. The first kappa shape index (κ1) is 22.4. The third kappa shape index (κ3) is 4.49. The predicted octanol–water partition coefficient (Wildman–Crippen LogP) is 6.25. The van der Waals surface area contributed by atoms with Crippen molar-refractivity contribution in [1.29, 1.82) is 0 Å². The molecule has 3 nitrogen and oxygen atoms in total. The smallest absolute Gasteiger partial charge is 0.161 e. The third-order valence-corrected chi connectivity index (χ3v) is 8.97. The Bertz CT molecular complexity index is 941. The van der Waals surface area contributed by atoms with Gasteiger partial charge >= 0.3 is 0 Å². The Hall–Kier alpha value is -1.42. The second-order valence-electron chi connectivity index (χ2n) is 10.5. The molecule has 1 atom stereocenters. The van der Waals surface area contributed by atoms with Crippen molar-refractivity contribution in [3.63, 3.8) is 0 Å². The second kappa shape index (κ2) is 9.08. The molecule has 0 heterocycles. The average molecular weight is 475 g/mol. The molecule has 2 aromatic rings. The fourth-order valence-corrected chi connectivity index (χ4v) is 7.51. The van der Waals surface area contributed by atoms with Crippen LogP contribution in [0.5, 0.6) is 11.5 Å². The van der Waals surface area contributed by atoms with Crippen molar-refractivity contribution < 1.29 is 14.8 Å². The molecule has 1 unspecified atom stereocenters. The number of hydrogen-bond acceptors (Lipinski definition) is 2. The Morgan fingerprint density at radius 2 is 1.66 bits per heavy atom. The first-order chi connectivity index (χ1) is 15.4. The molecule has 0 aromatic heterocycles. The highest BCUT2D eigenvalue weighted by atomic mass is 35.5. The summed E-state index contributed by atoms with van der Waals surface area (Å²) in [4.78, 5) is 0. The molecule has 0 saturated heterocycles. The molecular weight excluding hydrogens is 441 g/mol. The molecule has 4 fully saturated rings. The van der Waals surface area contributed by atoms with Gasteiger partial charge in [0.05, 0.1) is 13.2 Å². The van der Waals surface area contributed by atoms with Crippen molar-refractivity contribution in [1.82, 2.24) is 0 Å². The highest BCUT2D eigenvalue weighted by Gasteiger charge is 2.54. The first-order valence-corrected chi connectivity index (χ1v) is 12.8. The molecule has 0 aliphatic heterocycles. The van der Waals surface area contributed by atoms with Crippen LogP contribution in [0.4, 0.5) is 0 Å². The number of ether oxygens (including phenoxy) is 2. The Morgan fingerprint density at radius 3 is 2.28 bits per heavy atom. The van der Waals surface area contributed by atoms with Crippen LogP contribution >= 0.6 is 23.2 Å². The Balaban J connectivity index is 1.21. The Kier molecular flexibility index (Phi) is 6.35. The predicted molar refractivity (Wildman–Crippen MR) is 129 cm³/mol. The number of rotatable bonds is 8. The molecule has 4 saturated carbocycles. The van der Waals surface area contributed by atoms with E-state index < -0.39 is 0 Å². The van der Waals surface area contributed by atoms with Gasteiger partial charge in [0, 0.05) is 26.6 Å². The maximum absolute atomic E-state index is 6.28. The largest absolute Gasteiger partial charge is 0.493 e. The standard InChI is InChI=1S/C27H33Cl2NO2/c1-17(27-12-19-7-20(13-27)9-21(8-19)14-27)30-15-18-3-6-25(26(10-18)31-2)32-16-22-4-5-23(28)11-24(22)29/h3-6,10-11,17,19-21,30H,7-9,12-16H2,1-2H3/p+1. The zero-order valence-electron chi connectivity index (χ0n) is 19.1. The van der Waals surface area contributed by atoms with E-state index in [1.54, 1.807) is 13.2 Å². The van der Waals surface area contributed by atoms with Crippen molar-refractivity contribution in [2.24, 2.45) is 23.2 Å². The molecule has 4 bridgehead atoms. The van der Waals surface area contributed by atoms with E-state index in [1.807, 2.05) is 18.2 Å². The van der Waals surface area contributed by atoms with E-state index in [0.717, 1.165) is 41.4 Å². The lowest BCUT2D eigenvalue weighted by Gasteiger charge is -2.57. The van der Waals surface area contributed by atoms with Crippen LogP contribution in [-0.4, -0.2) is 13.2 Å². The minimum absolute atomic E-state index is 0.376. The maximum Gasteiger partial charge on any atom is 0.161 e. The summed E-state index contributed by atoms with van der Waals surface area (Å²) in [5, 5.41) is 3.80. The van der Waals surface area contributed by atoms with Crippen molar-refractivity contribution in [3.8, 4) is 11.5 Å². The van der Waals surface area contributed by atoms with Crippen molar-refractivity contribution in [2.75, 3.05) is 7.11 Å². The van der Waals surface area contributed by atoms with Crippen LogP contribution < -0.4 is 14.8 Å². The SMILES string of the molecule is COc1cc(C[NH2+]C(C)C23CC4CC(CC(C4)C2)C3)ccc1OCc1ccc(Cl)cc1Cl. The monoisotopic (exact) mass is 474 g/mol. The fraction of sp³-hybridized carbons (Fsp3) is 0.556. The van der Waals surface area contributed by atoms with E-state index in [2.05, 4.69) is 24.4 Å². The van der Waals surface area contributed by atoms with Gasteiger partial charge in [0.15, 0.2) is 11.5 Å². The van der Waals surface area contributed by atoms with Gasteiger partial charge in [-0.15, -0.1) is 0 Å². The van der Waals surface area contributed by atoms with Gasteiger partial charge in [0.1, 0.15) is 13.2 Å². The summed E-state index contributed by atoms with van der Waals surface area (Å²) in [6, 6.07) is 12.4. The minimum Gasteiger partial charge on any atom is -0.493 e. The van der Waals surface area contributed by atoms with Gasteiger partial charge < -0.3 is 14.8 Å². The second-order valence-corrected chi connectivity index (χ2v) is 11.4. The fourth-order valence-electron chi connectivity index (χ4n) is 7.05. The van der Waals surface area contributed by atoms with Crippen LogP contribution in [0.15, 0.2) is 36.4 Å². The molecule has 172 valence electrons. The van der Waals surface area contributed by atoms with E-state index in [9.17, 15) is 0 Å². The molecule has 0 amide bonds. The highest BCUT2D eigenvalue weighted by molar-refractivity contribution is 6.35. The van der Waals surface area contributed by atoms with E-state index in [1.165, 1.54) is 44.1 Å². The molecule has 2 aromatic carbocycles. The molecule has 5 heteroatoms. The summed E-state index contributed by atoms with van der Waals surface area (Å²) < 4.78 is 11.7. The molecule has 4 aliphatic carbocycles. The first-order valence-electron chi connectivity index (χ1n) is 12.0. The zero-order valence-corrected chi connectivity index (χ0v) is 20.6. The van der Waals surface area contributed by atoms with E-state index in [0.29, 0.717) is 28.1 Å². The number of benzene rings is 2. The number of hydrogen-bond donors (Lipinski definition) is 1. The summed E-state index contributed by atoms with van der Waals surface area (Å²) in [6.45, 7) is 3.82. The van der Waals surface area contributed by atoms with E-state index in [4.69, 9.17) is 32.7 Å². The van der Waals surface area contributed by atoms with Crippen LogP contribution in [0.2, 0.25) is 10.0 Å². The maximum atomic E-state index is 6.28. The summed E-state index contributed by atoms with van der Waals surface area (Å²) >= 11 is 12.3. The number of nitrogens with two attached hydrogens (primary N) is 1. The lowest BCUT2D eigenvalue weighted by atomic mass is 9.48. The van der Waals surface area contributed by atoms with Gasteiger partial charge in [-0.3, -0.25) is 0 Å². The van der Waals surface area contributed by atoms with Crippen molar-refractivity contribution in [2.45, 2.75) is 64.6 Å². The molecule has 2 N–H and O–H groups in total. The van der Waals surface area contributed by atoms with Gasteiger partial charge in [-0.1, -0.05) is 29.3 Å². The number of quaternary nitrogens is 1. The molecule has 6 rings (SSSR count). The van der Waals surface area contributed by atoms with Gasteiger partial charge in [0.2, 0.25) is 0 Å². The summed E-state index contributed by atoms with van der Waals surface area (Å²) in [6.07, 6.45) is 8.89. The molecule has 0 spiro atoms. The van der Waals surface area contributed by atoms with E-state index >= 15 is 0 Å². The highest BCUT2D eigenvalue weighted by Crippen LogP contribution is 2.60. The lowest BCUT2D eigenvalue weighted by molar-refractivity contribution is -0.717. The zero-order chi connectivity index (χ0) is 22.3. The summed E-state index contributed by atoms with van der Waals surface area (Å²) in [5.74, 6) is 4.51. The van der Waals surface area contributed by atoms with Crippen molar-refractivity contribution >= 4 is 23.2 Å². The summed E-state index contributed by atoms with van der Waals surface area (Å²) in [5.41, 5.74) is 2.75. The van der Waals surface area contributed by atoms with Gasteiger partial charge in [-0.25, -0.2) is 0 Å². The Morgan fingerprint density at radius 1 is 0.969 bits per heavy atom. The lowest BCUT2D eigenvalue weighted by Crippen LogP contribution is -2.91. The topological polar surface area (TPSA) is 35.1 Å². The molecule has 4 aliphatic rings. The van der Waals surface area contributed by atoms with E-state index in [-0.39, 0.29) is 0 Å². The normalized spacial score (nSPS) is 29.2. The van der Waals surface area contributed by atoms with Crippen molar-refractivity contribution in [3.05, 3.63) is 57.6 Å². The molecule has 32 heavy (non-hydrogen) atoms. The minimum atomic E-state index is 0.376. The number of halogens is 2. The third-order valence-electron chi connectivity index (χ3n) is 8.38. The quantitative estimate of drug-likeness (QED) is 0.490. The average Bonchev–Trinajstić information content (AvgIpc) is 2.76. The van der Waals surface area contributed by atoms with Gasteiger partial charge in [-0.05, 0) is 93.5 Å². The molecule has 0 radical (unpaired) electrons. The van der Waals surface area contributed by atoms with Gasteiger partial charge in [-0.2, -0.15) is 0 Å². The van der Waals surface area contributed by atoms with Gasteiger partial charge in [0.25, 0.3) is 0 Å². The van der Waals surface area contributed by atoms with Crippen LogP contribution in [0, 0.1) is 23.2 Å². The van der Waals surface area contributed by atoms with Crippen LogP contribution in [-0.2, 0) is 13.2 Å². The Labute approximate surface area is 201 Å². The molecular formula is C27H34Cl2NO2+. The van der Waals surface area contributed by atoms with Crippen LogP contribution in [0.25, 0.3) is 0 Å². The summed E-state index contributed by atoms with van der Waals surface area (Å²) in [7, 11) is 1.70. The van der Waals surface area contributed by atoms with Crippen LogP contribution in [0.3, 0.4) is 0 Å².